The molecule has 152 valence electrons. The molecule has 4 N–H and O–H groups in total. The van der Waals surface area contributed by atoms with Crippen molar-refractivity contribution in [3.63, 3.8) is 0 Å². The first kappa shape index (κ1) is 21.8. The van der Waals surface area contributed by atoms with Crippen LogP contribution in [-0.2, 0) is 21.2 Å². The Morgan fingerprint density at radius 1 is 1.21 bits per heavy atom. The summed E-state index contributed by atoms with van der Waals surface area (Å²) in [4.78, 5) is 11.6. The molecular weight excluding hydrogens is 384 g/mol. The van der Waals surface area contributed by atoms with Crippen molar-refractivity contribution in [3.05, 3.63) is 59.7 Å². The Morgan fingerprint density at radius 2 is 1.93 bits per heavy atom. The van der Waals surface area contributed by atoms with Gasteiger partial charge in [0, 0.05) is 6.54 Å². The maximum absolute atomic E-state index is 11.5. The lowest BCUT2D eigenvalue weighted by Gasteiger charge is -2.14. The first-order chi connectivity index (χ1) is 13.3. The molecule has 0 amide bonds. The summed E-state index contributed by atoms with van der Waals surface area (Å²) in [5.74, 6) is 0.0154. The van der Waals surface area contributed by atoms with Crippen LogP contribution in [0.4, 0.5) is 0 Å². The number of carbonyl (C=O) groups excluding carboxylic acids is 1. The van der Waals surface area contributed by atoms with Crippen LogP contribution >= 0.6 is 0 Å². The molecule has 0 unspecified atom stereocenters. The van der Waals surface area contributed by atoms with Crippen LogP contribution in [0.25, 0.3) is 0 Å². The van der Waals surface area contributed by atoms with E-state index in [9.17, 15) is 18.3 Å². The number of sulfonamides is 1. The van der Waals surface area contributed by atoms with Crippen molar-refractivity contribution in [2.75, 3.05) is 26.8 Å². The van der Waals surface area contributed by atoms with Gasteiger partial charge in [-0.2, -0.15) is 0 Å². The number of hydrogen-bond acceptors (Lipinski definition) is 7. The molecule has 1 atom stereocenters. The van der Waals surface area contributed by atoms with Crippen molar-refractivity contribution < 1.29 is 27.8 Å². The Kier molecular flexibility index (Phi) is 7.94. The second kappa shape index (κ2) is 10.2. The minimum Gasteiger partial charge on any atom is -0.491 e. The summed E-state index contributed by atoms with van der Waals surface area (Å²) >= 11 is 0. The van der Waals surface area contributed by atoms with E-state index in [4.69, 9.17) is 9.88 Å². The monoisotopic (exact) mass is 408 g/mol. The quantitative estimate of drug-likeness (QED) is 0.390. The fourth-order valence-electron chi connectivity index (χ4n) is 2.43. The number of ether oxygens (including phenoxy) is 2. The van der Waals surface area contributed by atoms with Crippen LogP contribution in [0.15, 0.2) is 53.4 Å². The van der Waals surface area contributed by atoms with Crippen LogP contribution < -0.4 is 15.2 Å². The molecule has 0 fully saturated rings. The van der Waals surface area contributed by atoms with Crippen LogP contribution in [0.2, 0.25) is 0 Å². The van der Waals surface area contributed by atoms with Gasteiger partial charge >= 0.3 is 5.97 Å². The minimum atomic E-state index is -3.68. The second-order valence-corrected chi connectivity index (χ2v) is 7.69. The van der Waals surface area contributed by atoms with E-state index in [1.165, 1.54) is 19.2 Å². The van der Waals surface area contributed by atoms with Gasteiger partial charge < -0.3 is 19.9 Å². The van der Waals surface area contributed by atoms with Crippen LogP contribution in [0, 0.1) is 0 Å². The lowest BCUT2D eigenvalue weighted by Crippen LogP contribution is -2.32. The summed E-state index contributed by atoms with van der Waals surface area (Å²) in [6, 6.07) is 12.9. The molecule has 0 aliphatic heterocycles. The number of benzene rings is 2. The van der Waals surface area contributed by atoms with Crippen LogP contribution in [0.5, 0.6) is 5.75 Å². The first-order valence-electron chi connectivity index (χ1n) is 8.61. The lowest BCUT2D eigenvalue weighted by atomic mass is 10.1. The number of methoxy groups -OCH3 is 1. The summed E-state index contributed by atoms with van der Waals surface area (Å²) in [5.41, 5.74) is 1.33. The number of aliphatic hydroxyl groups excluding tert-OH is 1. The molecule has 2 aromatic rings. The van der Waals surface area contributed by atoms with Gasteiger partial charge in [0.05, 0.1) is 17.6 Å². The molecule has 9 heteroatoms. The maximum Gasteiger partial charge on any atom is 0.337 e. The van der Waals surface area contributed by atoms with Gasteiger partial charge in [-0.25, -0.2) is 18.4 Å². The molecule has 0 aliphatic carbocycles. The zero-order valence-corrected chi connectivity index (χ0v) is 16.3. The van der Waals surface area contributed by atoms with Gasteiger partial charge in [-0.15, -0.1) is 0 Å². The van der Waals surface area contributed by atoms with E-state index in [1.54, 1.807) is 36.4 Å². The molecule has 2 aromatic carbocycles. The van der Waals surface area contributed by atoms with E-state index < -0.39 is 22.1 Å². The number of nitrogens with one attached hydrogen (secondary N) is 1. The Morgan fingerprint density at radius 3 is 2.57 bits per heavy atom. The fraction of sp³-hybridized carbons (Fsp3) is 0.316. The van der Waals surface area contributed by atoms with Crippen molar-refractivity contribution in [1.29, 1.82) is 0 Å². The molecule has 0 aromatic heterocycles. The molecule has 28 heavy (non-hydrogen) atoms. The molecule has 0 heterocycles. The highest BCUT2D eigenvalue weighted by Crippen LogP contribution is 2.14. The van der Waals surface area contributed by atoms with Gasteiger partial charge in [-0.1, -0.05) is 18.2 Å². The van der Waals surface area contributed by atoms with Crippen molar-refractivity contribution in [2.24, 2.45) is 5.14 Å². The van der Waals surface area contributed by atoms with Crippen LogP contribution in [0.3, 0.4) is 0 Å². The predicted molar refractivity (Wildman–Crippen MR) is 104 cm³/mol. The van der Waals surface area contributed by atoms with Gasteiger partial charge in [0.15, 0.2) is 0 Å². The summed E-state index contributed by atoms with van der Waals surface area (Å²) in [6.45, 7) is 0.996. The summed E-state index contributed by atoms with van der Waals surface area (Å²) in [5, 5.41) is 18.2. The van der Waals surface area contributed by atoms with Crippen LogP contribution in [0.1, 0.15) is 15.9 Å². The van der Waals surface area contributed by atoms with E-state index in [0.29, 0.717) is 30.8 Å². The number of esters is 1. The van der Waals surface area contributed by atoms with E-state index >= 15 is 0 Å². The Labute approximate surface area is 164 Å². The number of primary sulfonamides is 1. The summed E-state index contributed by atoms with van der Waals surface area (Å²) in [7, 11) is -2.38. The average Bonchev–Trinajstić information content (AvgIpc) is 2.69. The molecule has 8 nitrogen and oxygen atoms in total. The third-order valence-corrected chi connectivity index (χ3v) is 4.85. The maximum atomic E-state index is 11.5. The van der Waals surface area contributed by atoms with Gasteiger partial charge in [0.25, 0.3) is 0 Å². The van der Waals surface area contributed by atoms with Gasteiger partial charge in [-0.05, 0) is 48.9 Å². The normalized spacial score (nSPS) is 12.4. The standard InChI is InChI=1S/C19H24N2O6S/c1-26-19(23)15-3-2-4-17(11-15)27-13-16(22)12-21-10-9-14-5-7-18(8-6-14)28(20,24)25/h2-8,11,16,21-22H,9-10,12-13H2,1H3,(H2,20,24,25)/t16-/m1/s1. The number of rotatable bonds is 10. The van der Waals surface area contributed by atoms with Crippen LogP contribution in [-0.4, -0.2) is 52.4 Å². The minimum absolute atomic E-state index is 0.0701. The largest absolute Gasteiger partial charge is 0.491 e. The van der Waals surface area contributed by atoms with Crippen molar-refractivity contribution >= 4 is 16.0 Å². The third-order valence-electron chi connectivity index (χ3n) is 3.92. The van der Waals surface area contributed by atoms with Gasteiger partial charge in [0.2, 0.25) is 10.0 Å². The zero-order valence-electron chi connectivity index (χ0n) is 15.5. The van der Waals surface area contributed by atoms with Gasteiger partial charge in [-0.3, -0.25) is 0 Å². The fourth-order valence-corrected chi connectivity index (χ4v) is 2.94. The van der Waals surface area contributed by atoms with Gasteiger partial charge in [0.1, 0.15) is 18.5 Å². The smallest absolute Gasteiger partial charge is 0.337 e. The molecule has 0 bridgehead atoms. The molecular formula is C19H24N2O6S. The Balaban J connectivity index is 1.70. The topological polar surface area (TPSA) is 128 Å². The van der Waals surface area contributed by atoms with E-state index in [-0.39, 0.29) is 11.5 Å². The highest BCUT2D eigenvalue weighted by atomic mass is 32.2. The molecule has 0 aliphatic rings. The summed E-state index contributed by atoms with van der Waals surface area (Å²) < 4.78 is 32.6. The molecule has 2 rings (SSSR count). The highest BCUT2D eigenvalue weighted by molar-refractivity contribution is 7.89. The van der Waals surface area contributed by atoms with Crippen molar-refractivity contribution in [3.8, 4) is 5.75 Å². The van der Waals surface area contributed by atoms with Crippen molar-refractivity contribution in [2.45, 2.75) is 17.4 Å². The summed E-state index contributed by atoms with van der Waals surface area (Å²) in [6.07, 6.45) is -0.0637. The Hall–Kier alpha value is -2.46. The predicted octanol–water partition coefficient (Wildman–Crippen LogP) is 0.693. The molecule has 0 spiro atoms. The lowest BCUT2D eigenvalue weighted by molar-refractivity contribution is 0.0600. The second-order valence-electron chi connectivity index (χ2n) is 6.13. The molecule has 0 saturated heterocycles. The number of nitrogens with two attached hydrogens (primary N) is 1. The van der Waals surface area contributed by atoms with Crippen molar-refractivity contribution in [1.82, 2.24) is 5.32 Å². The average molecular weight is 408 g/mol. The molecule has 0 saturated carbocycles. The van der Waals surface area contributed by atoms with E-state index in [2.05, 4.69) is 10.1 Å². The SMILES string of the molecule is COC(=O)c1cccc(OC[C@H](O)CNCCc2ccc(S(N)(=O)=O)cc2)c1. The number of hydrogen-bond donors (Lipinski definition) is 3. The highest BCUT2D eigenvalue weighted by Gasteiger charge is 2.09. The first-order valence-corrected chi connectivity index (χ1v) is 10.2. The van der Waals surface area contributed by atoms with E-state index in [0.717, 1.165) is 5.56 Å². The Bertz CT molecular complexity index is 884. The van der Waals surface area contributed by atoms with E-state index in [1.807, 2.05) is 0 Å². The number of carbonyl (C=O) groups is 1. The third kappa shape index (κ3) is 6.93. The zero-order chi connectivity index (χ0) is 20.6. The number of aliphatic hydroxyl groups is 1. The molecule has 0 radical (unpaired) electrons.